The van der Waals surface area contributed by atoms with Crippen LogP contribution < -0.4 is 0 Å². The maximum atomic E-state index is 10.8. The number of rotatable bonds is 5. The van der Waals surface area contributed by atoms with Crippen molar-refractivity contribution in [1.29, 1.82) is 0 Å². The van der Waals surface area contributed by atoms with Crippen LogP contribution in [-0.4, -0.2) is 14.7 Å². The maximum Gasteiger partial charge on any atom is 0.111 e. The molecular formula is C14H15ClN2O. The molecule has 0 aliphatic rings. The molecule has 0 saturated heterocycles. The molecule has 94 valence electrons. The number of nitrogens with zero attached hydrogens (tertiary/aromatic N) is 2. The molecule has 0 fully saturated rings. The third kappa shape index (κ3) is 2.81. The first-order valence-electron chi connectivity index (χ1n) is 5.69. The molecule has 2 rings (SSSR count). The summed E-state index contributed by atoms with van der Waals surface area (Å²) < 4.78 is 1.85. The molecule has 1 N–H and O–H groups in total. The highest BCUT2D eigenvalue weighted by Gasteiger charge is 2.28. The summed E-state index contributed by atoms with van der Waals surface area (Å²) in [5, 5.41) is 11.4. The topological polar surface area (TPSA) is 38.0 Å². The molecular weight excluding hydrogens is 248 g/mol. The van der Waals surface area contributed by atoms with Crippen molar-refractivity contribution in [2.45, 2.75) is 18.6 Å². The van der Waals surface area contributed by atoms with Crippen molar-refractivity contribution in [3.05, 3.63) is 66.2 Å². The fourth-order valence-electron chi connectivity index (χ4n) is 1.95. The molecule has 0 amide bonds. The van der Waals surface area contributed by atoms with Crippen molar-refractivity contribution in [3.63, 3.8) is 0 Å². The molecule has 1 aromatic heterocycles. The average molecular weight is 263 g/mol. The number of aromatic nitrogens is 2. The highest BCUT2D eigenvalue weighted by Crippen LogP contribution is 2.28. The maximum absolute atomic E-state index is 10.8. The highest BCUT2D eigenvalue weighted by atomic mass is 35.5. The predicted octanol–water partition coefficient (Wildman–Crippen LogP) is 3.00. The van der Waals surface area contributed by atoms with E-state index in [-0.39, 0.29) is 0 Å². The van der Waals surface area contributed by atoms with Crippen LogP contribution in [0.4, 0.5) is 0 Å². The van der Waals surface area contributed by atoms with Gasteiger partial charge in [-0.05, 0) is 24.1 Å². The van der Waals surface area contributed by atoms with Crippen molar-refractivity contribution < 1.29 is 5.11 Å². The lowest BCUT2D eigenvalue weighted by Gasteiger charge is -2.28. The van der Waals surface area contributed by atoms with Crippen LogP contribution in [0.3, 0.4) is 0 Å². The third-order valence-corrected chi connectivity index (χ3v) is 3.12. The van der Waals surface area contributed by atoms with Gasteiger partial charge in [-0.15, -0.1) is 6.58 Å². The molecule has 0 aliphatic carbocycles. The second-order valence-electron chi connectivity index (χ2n) is 4.27. The minimum absolute atomic E-state index is 0.431. The molecule has 2 aromatic rings. The lowest BCUT2D eigenvalue weighted by atomic mass is 9.90. The largest absolute Gasteiger partial charge is 0.383 e. The molecule has 1 aromatic carbocycles. The van der Waals surface area contributed by atoms with E-state index >= 15 is 0 Å². The van der Waals surface area contributed by atoms with Gasteiger partial charge in [0, 0.05) is 17.4 Å². The molecule has 0 spiro atoms. The van der Waals surface area contributed by atoms with Crippen LogP contribution in [0.15, 0.2) is 55.6 Å². The van der Waals surface area contributed by atoms with Crippen LogP contribution in [0.25, 0.3) is 0 Å². The normalized spacial score (nSPS) is 14.1. The Morgan fingerprint density at radius 1 is 1.39 bits per heavy atom. The van der Waals surface area contributed by atoms with Gasteiger partial charge in [0.05, 0.1) is 12.9 Å². The van der Waals surface area contributed by atoms with Gasteiger partial charge in [-0.2, -0.15) is 0 Å². The lowest BCUT2D eigenvalue weighted by Crippen LogP contribution is -2.30. The van der Waals surface area contributed by atoms with E-state index in [1.165, 1.54) is 0 Å². The van der Waals surface area contributed by atoms with Gasteiger partial charge in [0.1, 0.15) is 5.60 Å². The Hall–Kier alpha value is -1.58. The zero-order chi connectivity index (χ0) is 13.0. The Kier molecular flexibility index (Phi) is 3.84. The van der Waals surface area contributed by atoms with Crippen molar-refractivity contribution >= 4 is 11.6 Å². The van der Waals surface area contributed by atoms with Gasteiger partial charge in [0.25, 0.3) is 0 Å². The van der Waals surface area contributed by atoms with Gasteiger partial charge >= 0.3 is 0 Å². The molecule has 1 unspecified atom stereocenters. The fraction of sp³-hybridized carbons (Fsp3) is 0.214. The first kappa shape index (κ1) is 12.9. The lowest BCUT2D eigenvalue weighted by molar-refractivity contribution is 0.0213. The third-order valence-electron chi connectivity index (χ3n) is 2.87. The summed E-state index contributed by atoms with van der Waals surface area (Å²) >= 11 is 5.86. The Morgan fingerprint density at radius 2 is 2.11 bits per heavy atom. The summed E-state index contributed by atoms with van der Waals surface area (Å²) in [6.07, 6.45) is 7.38. The number of hydrogen-bond acceptors (Lipinski definition) is 2. The molecule has 0 saturated carbocycles. The van der Waals surface area contributed by atoms with Crippen LogP contribution in [0.5, 0.6) is 0 Å². The van der Waals surface area contributed by atoms with Crippen LogP contribution in [-0.2, 0) is 12.1 Å². The van der Waals surface area contributed by atoms with E-state index in [9.17, 15) is 5.11 Å². The van der Waals surface area contributed by atoms with E-state index in [0.717, 1.165) is 5.56 Å². The van der Waals surface area contributed by atoms with Gasteiger partial charge in [-0.1, -0.05) is 29.8 Å². The van der Waals surface area contributed by atoms with Gasteiger partial charge in [0.15, 0.2) is 0 Å². The van der Waals surface area contributed by atoms with Crippen LogP contribution in [0.2, 0.25) is 5.02 Å². The van der Waals surface area contributed by atoms with E-state index in [2.05, 4.69) is 11.6 Å². The zero-order valence-electron chi connectivity index (χ0n) is 9.96. The SMILES string of the molecule is C=CCC(O)(Cn1ccnc1)c1ccc(Cl)cc1. The Balaban J connectivity index is 2.30. The smallest absolute Gasteiger partial charge is 0.111 e. The van der Waals surface area contributed by atoms with Gasteiger partial charge < -0.3 is 9.67 Å². The summed E-state index contributed by atoms with van der Waals surface area (Å²) in [7, 11) is 0. The van der Waals surface area contributed by atoms with Crippen molar-refractivity contribution in [1.82, 2.24) is 9.55 Å². The van der Waals surface area contributed by atoms with Crippen molar-refractivity contribution in [2.75, 3.05) is 0 Å². The number of benzene rings is 1. The summed E-state index contributed by atoms with van der Waals surface area (Å²) in [5.41, 5.74) is -0.173. The summed E-state index contributed by atoms with van der Waals surface area (Å²) in [5.74, 6) is 0. The summed E-state index contributed by atoms with van der Waals surface area (Å²) in [6, 6.07) is 7.23. The minimum Gasteiger partial charge on any atom is -0.383 e. The molecule has 18 heavy (non-hydrogen) atoms. The summed E-state index contributed by atoms with van der Waals surface area (Å²) in [6.45, 7) is 4.14. The zero-order valence-corrected chi connectivity index (χ0v) is 10.7. The number of aliphatic hydroxyl groups is 1. The minimum atomic E-state index is -0.993. The fourth-order valence-corrected chi connectivity index (χ4v) is 2.08. The van der Waals surface area contributed by atoms with Gasteiger partial charge in [0.2, 0.25) is 0 Å². The van der Waals surface area contributed by atoms with Crippen molar-refractivity contribution in [2.24, 2.45) is 0 Å². The van der Waals surface area contributed by atoms with Gasteiger partial charge in [-0.25, -0.2) is 4.98 Å². The first-order valence-corrected chi connectivity index (χ1v) is 6.07. The Morgan fingerprint density at radius 3 is 2.67 bits per heavy atom. The van der Waals surface area contributed by atoms with E-state index in [1.807, 2.05) is 22.9 Å². The molecule has 1 atom stereocenters. The van der Waals surface area contributed by atoms with E-state index in [0.29, 0.717) is 18.0 Å². The molecule has 3 nitrogen and oxygen atoms in total. The molecule has 4 heteroatoms. The van der Waals surface area contributed by atoms with E-state index < -0.39 is 5.60 Å². The quantitative estimate of drug-likeness (QED) is 0.842. The van der Waals surface area contributed by atoms with Crippen LogP contribution >= 0.6 is 11.6 Å². The van der Waals surface area contributed by atoms with Crippen LogP contribution in [0, 0.1) is 0 Å². The first-order chi connectivity index (χ1) is 8.64. The highest BCUT2D eigenvalue weighted by molar-refractivity contribution is 6.30. The number of imidazole rings is 1. The van der Waals surface area contributed by atoms with E-state index in [4.69, 9.17) is 11.6 Å². The molecule has 1 heterocycles. The molecule has 0 bridgehead atoms. The molecule has 0 radical (unpaired) electrons. The second-order valence-corrected chi connectivity index (χ2v) is 4.70. The Bertz CT molecular complexity index is 507. The number of hydrogen-bond donors (Lipinski definition) is 1. The van der Waals surface area contributed by atoms with Crippen LogP contribution in [0.1, 0.15) is 12.0 Å². The molecule has 0 aliphatic heterocycles. The average Bonchev–Trinajstić information content (AvgIpc) is 2.82. The van der Waals surface area contributed by atoms with Crippen molar-refractivity contribution in [3.8, 4) is 0 Å². The van der Waals surface area contributed by atoms with E-state index in [1.54, 1.807) is 30.7 Å². The number of halogens is 1. The van der Waals surface area contributed by atoms with Gasteiger partial charge in [-0.3, -0.25) is 0 Å². The monoisotopic (exact) mass is 262 g/mol. The predicted molar refractivity (Wildman–Crippen MR) is 72.4 cm³/mol. The Labute approximate surface area is 111 Å². The summed E-state index contributed by atoms with van der Waals surface area (Å²) in [4.78, 5) is 3.98. The second kappa shape index (κ2) is 5.38. The standard InChI is InChI=1S/C14H15ClN2O/c1-2-7-14(18,10-17-9-8-16-11-17)12-3-5-13(15)6-4-12/h2-6,8-9,11,18H,1,7,10H2.